The van der Waals surface area contributed by atoms with Crippen molar-refractivity contribution in [2.24, 2.45) is 0 Å². The Morgan fingerprint density at radius 2 is 2.23 bits per heavy atom. The van der Waals surface area contributed by atoms with Crippen molar-refractivity contribution in [3.8, 4) is 0 Å². The van der Waals surface area contributed by atoms with Crippen LogP contribution in [0.2, 0.25) is 0 Å². The predicted molar refractivity (Wildman–Crippen MR) is 50.7 cm³/mol. The third-order valence-electron chi connectivity index (χ3n) is 1.04. The van der Waals surface area contributed by atoms with Gasteiger partial charge in [0.1, 0.15) is 0 Å². The second-order valence-corrected chi connectivity index (χ2v) is 5.28. The highest BCUT2D eigenvalue weighted by molar-refractivity contribution is 7.85. The lowest BCUT2D eigenvalue weighted by molar-refractivity contribution is 0.484. The Kier molecular flexibility index (Phi) is 3.36. The van der Waals surface area contributed by atoms with Gasteiger partial charge in [-0.25, -0.2) is 0 Å². The summed E-state index contributed by atoms with van der Waals surface area (Å²) in [4.78, 5) is 0. The summed E-state index contributed by atoms with van der Waals surface area (Å²) in [6.45, 7) is 0.0861. The Bertz CT molecular complexity index is 373. The van der Waals surface area contributed by atoms with Crippen LogP contribution in [-0.2, 0) is 10.1 Å². The van der Waals surface area contributed by atoms with Crippen LogP contribution in [0.4, 0.5) is 5.13 Å². The first-order valence-electron chi connectivity index (χ1n) is 3.17. The molecule has 0 bridgehead atoms. The number of aromatic nitrogens is 2. The van der Waals surface area contributed by atoms with Gasteiger partial charge in [0.05, 0.1) is 5.75 Å². The SMILES string of the molecule is O=S(=O)(O)CCNc1nnc([S])s1. The van der Waals surface area contributed by atoms with E-state index < -0.39 is 10.1 Å². The molecular weight excluding hydrogens is 234 g/mol. The van der Waals surface area contributed by atoms with Crippen molar-refractivity contribution < 1.29 is 13.0 Å². The molecule has 1 radical (unpaired) electrons. The second kappa shape index (κ2) is 4.13. The van der Waals surface area contributed by atoms with E-state index in [-0.39, 0.29) is 12.3 Å². The van der Waals surface area contributed by atoms with Crippen molar-refractivity contribution in [2.75, 3.05) is 17.6 Å². The molecule has 9 heteroatoms. The Morgan fingerprint density at radius 1 is 1.54 bits per heavy atom. The molecule has 13 heavy (non-hydrogen) atoms. The molecule has 6 nitrogen and oxygen atoms in total. The van der Waals surface area contributed by atoms with E-state index in [1.54, 1.807) is 0 Å². The highest BCUT2D eigenvalue weighted by Crippen LogP contribution is 2.17. The third-order valence-corrected chi connectivity index (χ3v) is 2.77. The molecule has 0 spiro atoms. The van der Waals surface area contributed by atoms with Crippen molar-refractivity contribution in [1.29, 1.82) is 0 Å². The normalized spacial score (nSPS) is 11.5. The fourth-order valence-electron chi connectivity index (χ4n) is 0.568. The summed E-state index contributed by atoms with van der Waals surface area (Å²) < 4.78 is 29.3. The molecule has 0 saturated heterocycles. The Morgan fingerprint density at radius 3 is 2.69 bits per heavy atom. The van der Waals surface area contributed by atoms with E-state index in [0.717, 1.165) is 11.3 Å². The summed E-state index contributed by atoms with van der Waals surface area (Å²) >= 11 is 5.84. The highest BCUT2D eigenvalue weighted by Gasteiger charge is 2.05. The smallest absolute Gasteiger partial charge is 0.266 e. The fraction of sp³-hybridized carbons (Fsp3) is 0.500. The first-order chi connectivity index (χ1) is 5.97. The van der Waals surface area contributed by atoms with Crippen LogP contribution < -0.4 is 5.32 Å². The van der Waals surface area contributed by atoms with E-state index in [2.05, 4.69) is 15.5 Å². The minimum atomic E-state index is -3.92. The van der Waals surface area contributed by atoms with Gasteiger partial charge in [0.15, 0.2) is 0 Å². The maximum absolute atomic E-state index is 10.3. The van der Waals surface area contributed by atoms with Gasteiger partial charge in [0, 0.05) is 6.54 Å². The number of nitrogens with zero attached hydrogens (tertiary/aromatic N) is 2. The highest BCUT2D eigenvalue weighted by atomic mass is 32.2. The van der Waals surface area contributed by atoms with E-state index in [0.29, 0.717) is 9.47 Å². The number of rotatable bonds is 4. The van der Waals surface area contributed by atoms with Gasteiger partial charge in [0.2, 0.25) is 9.47 Å². The maximum Gasteiger partial charge on any atom is 0.266 e. The Hall–Kier alpha value is -0.510. The van der Waals surface area contributed by atoms with Crippen LogP contribution in [0.5, 0.6) is 0 Å². The quantitative estimate of drug-likeness (QED) is 0.740. The molecule has 2 N–H and O–H groups in total. The number of hydrogen-bond acceptors (Lipinski definition) is 6. The minimum Gasteiger partial charge on any atom is -0.359 e. The summed E-state index contributed by atoms with van der Waals surface area (Å²) in [6.07, 6.45) is 0. The second-order valence-electron chi connectivity index (χ2n) is 2.09. The molecule has 1 rings (SSSR count). The van der Waals surface area contributed by atoms with Crippen LogP contribution in [0.15, 0.2) is 4.34 Å². The van der Waals surface area contributed by atoms with E-state index in [9.17, 15) is 8.42 Å². The largest absolute Gasteiger partial charge is 0.359 e. The summed E-state index contributed by atoms with van der Waals surface area (Å²) in [5.74, 6) is -0.362. The summed E-state index contributed by atoms with van der Waals surface area (Å²) in [5.41, 5.74) is 0. The molecule has 0 amide bonds. The molecule has 0 aromatic carbocycles. The van der Waals surface area contributed by atoms with Crippen molar-refractivity contribution >= 4 is 39.2 Å². The van der Waals surface area contributed by atoms with E-state index in [1.165, 1.54) is 0 Å². The number of hydrogen-bond donors (Lipinski definition) is 2. The Labute approximate surface area is 84.5 Å². The van der Waals surface area contributed by atoms with Crippen molar-refractivity contribution in [3.05, 3.63) is 0 Å². The van der Waals surface area contributed by atoms with Gasteiger partial charge < -0.3 is 5.32 Å². The standard InChI is InChI=1S/C4H6N3O3S3/c8-13(9,10)2-1-5-3-6-7-4(11)12-3/h1-2H2,(H,5,6)(H,8,9,10). The van der Waals surface area contributed by atoms with Gasteiger partial charge in [-0.3, -0.25) is 4.55 Å². The van der Waals surface area contributed by atoms with Gasteiger partial charge >= 0.3 is 0 Å². The van der Waals surface area contributed by atoms with Gasteiger partial charge in [-0.1, -0.05) is 11.3 Å². The van der Waals surface area contributed by atoms with Crippen LogP contribution in [-0.4, -0.2) is 35.5 Å². The average molecular weight is 240 g/mol. The molecule has 0 aliphatic carbocycles. The lowest BCUT2D eigenvalue weighted by atomic mass is 10.7. The zero-order valence-electron chi connectivity index (χ0n) is 6.30. The van der Waals surface area contributed by atoms with Crippen LogP contribution in [0.3, 0.4) is 0 Å². The van der Waals surface area contributed by atoms with Crippen LogP contribution >= 0.6 is 24.0 Å². The van der Waals surface area contributed by atoms with Gasteiger partial charge in [0.25, 0.3) is 10.1 Å². The Balaban J connectivity index is 2.36. The summed E-state index contributed by atoms with van der Waals surface area (Å²) in [5, 5.41) is 10.3. The fourth-order valence-corrected chi connectivity index (χ4v) is 1.71. The number of anilines is 1. The first kappa shape index (κ1) is 10.6. The zero-order chi connectivity index (χ0) is 9.90. The predicted octanol–water partition coefficient (Wildman–Crippen LogP) is 0.394. The summed E-state index contributed by atoms with van der Waals surface area (Å²) in [7, 11) is -3.92. The van der Waals surface area contributed by atoms with Crippen LogP contribution in [0.1, 0.15) is 0 Å². The topological polar surface area (TPSA) is 92.2 Å². The third kappa shape index (κ3) is 4.31. The van der Waals surface area contributed by atoms with Crippen molar-refractivity contribution in [2.45, 2.75) is 4.34 Å². The molecule has 73 valence electrons. The first-order valence-corrected chi connectivity index (χ1v) is 6.00. The monoisotopic (exact) mass is 240 g/mol. The van der Waals surface area contributed by atoms with Gasteiger partial charge in [-0.15, -0.1) is 10.2 Å². The molecule has 0 fully saturated rings. The van der Waals surface area contributed by atoms with Crippen molar-refractivity contribution in [1.82, 2.24) is 10.2 Å². The van der Waals surface area contributed by atoms with E-state index in [4.69, 9.17) is 17.2 Å². The van der Waals surface area contributed by atoms with Crippen LogP contribution in [0.25, 0.3) is 0 Å². The molecule has 0 saturated carbocycles. The maximum atomic E-state index is 10.3. The van der Waals surface area contributed by atoms with Crippen molar-refractivity contribution in [3.63, 3.8) is 0 Å². The van der Waals surface area contributed by atoms with Gasteiger partial charge in [-0.05, 0) is 12.6 Å². The lowest BCUT2D eigenvalue weighted by Gasteiger charge is -1.97. The van der Waals surface area contributed by atoms with Gasteiger partial charge in [-0.2, -0.15) is 8.42 Å². The molecular formula is C4H6N3O3S3. The molecule has 1 heterocycles. The van der Waals surface area contributed by atoms with E-state index >= 15 is 0 Å². The molecule has 1 aromatic rings. The van der Waals surface area contributed by atoms with Crippen LogP contribution in [0, 0.1) is 0 Å². The summed E-state index contributed by atoms with van der Waals surface area (Å²) in [6, 6.07) is 0. The zero-order valence-corrected chi connectivity index (χ0v) is 8.75. The molecule has 0 unspecified atom stereocenters. The number of nitrogens with one attached hydrogen (secondary N) is 1. The minimum absolute atomic E-state index is 0.0861. The molecule has 0 atom stereocenters. The van der Waals surface area contributed by atoms with E-state index in [1.807, 2.05) is 0 Å². The molecule has 0 aliphatic heterocycles. The molecule has 0 aliphatic rings. The lowest BCUT2D eigenvalue weighted by Crippen LogP contribution is -2.14. The average Bonchev–Trinajstić information content (AvgIpc) is 2.33. The molecule has 1 aromatic heterocycles.